The topological polar surface area (TPSA) is 42.5 Å². The average Bonchev–Trinajstić information content (AvgIpc) is 2.87. The van der Waals surface area contributed by atoms with Gasteiger partial charge in [0.25, 0.3) is 0 Å². The van der Waals surface area contributed by atoms with Crippen molar-refractivity contribution in [1.29, 1.82) is 0 Å². The number of methoxy groups -OCH3 is 2. The lowest BCUT2D eigenvalue weighted by molar-refractivity contribution is 0.410. The molecule has 0 amide bonds. The van der Waals surface area contributed by atoms with E-state index in [0.29, 0.717) is 13.1 Å². The Balaban J connectivity index is 1.74. The van der Waals surface area contributed by atoms with Gasteiger partial charge in [0.15, 0.2) is 0 Å². The zero-order valence-electron chi connectivity index (χ0n) is 18.5. The highest BCUT2D eigenvalue weighted by Crippen LogP contribution is 2.45. The molecule has 162 valence electrons. The molecule has 0 aliphatic heterocycles. The molecule has 0 aliphatic rings. The fourth-order valence-corrected chi connectivity index (χ4v) is 3.80. The number of rotatable bonds is 9. The monoisotopic (exact) mass is 424 g/mol. The maximum absolute atomic E-state index is 5.79. The van der Waals surface area contributed by atoms with Crippen LogP contribution in [0.25, 0.3) is 11.1 Å². The second kappa shape index (κ2) is 10.4. The van der Waals surface area contributed by atoms with Crippen LogP contribution in [-0.4, -0.2) is 14.2 Å². The van der Waals surface area contributed by atoms with Gasteiger partial charge in [0.1, 0.15) is 11.5 Å². The predicted octanol–water partition coefficient (Wildman–Crippen LogP) is 6.60. The van der Waals surface area contributed by atoms with Gasteiger partial charge >= 0.3 is 0 Å². The van der Waals surface area contributed by atoms with E-state index in [-0.39, 0.29) is 0 Å². The highest BCUT2D eigenvalue weighted by molar-refractivity contribution is 5.93. The lowest BCUT2D eigenvalue weighted by Crippen LogP contribution is -2.06. The zero-order chi connectivity index (χ0) is 22.2. The fraction of sp³-hybridized carbons (Fsp3) is 0.143. The van der Waals surface area contributed by atoms with Crippen LogP contribution in [0.5, 0.6) is 11.5 Å². The Morgan fingerprint density at radius 2 is 0.906 bits per heavy atom. The summed E-state index contributed by atoms with van der Waals surface area (Å²) in [5, 5.41) is 7.18. The van der Waals surface area contributed by atoms with Gasteiger partial charge in [-0.05, 0) is 35.4 Å². The molecule has 0 saturated carbocycles. The Hall–Kier alpha value is -3.92. The first-order valence-electron chi connectivity index (χ1n) is 10.7. The number of ether oxygens (including phenoxy) is 2. The summed E-state index contributed by atoms with van der Waals surface area (Å²) >= 11 is 0. The highest BCUT2D eigenvalue weighted by Gasteiger charge is 2.19. The number of nitrogens with one attached hydrogen (secondary N) is 2. The predicted molar refractivity (Wildman–Crippen MR) is 133 cm³/mol. The van der Waals surface area contributed by atoms with Crippen LogP contribution < -0.4 is 20.1 Å². The van der Waals surface area contributed by atoms with Crippen LogP contribution in [0.2, 0.25) is 0 Å². The highest BCUT2D eigenvalue weighted by atomic mass is 16.5. The summed E-state index contributed by atoms with van der Waals surface area (Å²) < 4.78 is 11.6. The largest absolute Gasteiger partial charge is 0.496 e. The van der Waals surface area contributed by atoms with Gasteiger partial charge in [-0.25, -0.2) is 0 Å². The molecule has 0 bridgehead atoms. The summed E-state index contributed by atoms with van der Waals surface area (Å²) in [4.78, 5) is 0. The van der Waals surface area contributed by atoms with E-state index in [4.69, 9.17) is 9.47 Å². The van der Waals surface area contributed by atoms with E-state index < -0.39 is 0 Å². The first kappa shape index (κ1) is 21.3. The molecular weight excluding hydrogens is 396 g/mol. The number of anilines is 2. The standard InChI is InChI=1S/C28H28N2O2/c1-31-25-17-9-15-23(29-19-21-11-5-3-6-12-21)27(25)28-24(16-10-18-26(28)32-2)30-20-22-13-7-4-8-14-22/h3-18,29-30H,19-20H2,1-2H3. The van der Waals surface area contributed by atoms with E-state index in [2.05, 4.69) is 71.3 Å². The third-order valence-corrected chi connectivity index (χ3v) is 5.39. The molecule has 0 atom stereocenters. The molecule has 0 saturated heterocycles. The summed E-state index contributed by atoms with van der Waals surface area (Å²) in [7, 11) is 3.40. The molecule has 4 aromatic carbocycles. The molecular formula is C28H28N2O2. The molecule has 0 aliphatic carbocycles. The van der Waals surface area contributed by atoms with Gasteiger partial charge in [-0.3, -0.25) is 0 Å². The molecule has 0 heterocycles. The van der Waals surface area contributed by atoms with Gasteiger partial charge < -0.3 is 20.1 Å². The quantitative estimate of drug-likeness (QED) is 0.318. The van der Waals surface area contributed by atoms with E-state index in [9.17, 15) is 0 Å². The van der Waals surface area contributed by atoms with Gasteiger partial charge in [0.2, 0.25) is 0 Å². The molecule has 4 nitrogen and oxygen atoms in total. The van der Waals surface area contributed by atoms with E-state index in [0.717, 1.165) is 34.0 Å². The summed E-state index contributed by atoms with van der Waals surface area (Å²) in [6, 6.07) is 32.8. The maximum Gasteiger partial charge on any atom is 0.128 e. The minimum absolute atomic E-state index is 0.711. The van der Waals surface area contributed by atoms with E-state index >= 15 is 0 Å². The van der Waals surface area contributed by atoms with Crippen LogP contribution in [-0.2, 0) is 13.1 Å². The Morgan fingerprint density at radius 1 is 0.500 bits per heavy atom. The zero-order valence-corrected chi connectivity index (χ0v) is 18.5. The van der Waals surface area contributed by atoms with Crippen molar-refractivity contribution >= 4 is 11.4 Å². The summed E-state index contributed by atoms with van der Waals surface area (Å²) in [5.41, 5.74) is 6.34. The Labute approximate surface area is 189 Å². The molecule has 2 N–H and O–H groups in total. The molecule has 0 aromatic heterocycles. The van der Waals surface area contributed by atoms with Crippen molar-refractivity contribution in [2.24, 2.45) is 0 Å². The van der Waals surface area contributed by atoms with Gasteiger partial charge in [-0.15, -0.1) is 0 Å². The van der Waals surface area contributed by atoms with Crippen molar-refractivity contribution in [1.82, 2.24) is 0 Å². The minimum atomic E-state index is 0.711. The molecule has 0 spiro atoms. The van der Waals surface area contributed by atoms with Crippen molar-refractivity contribution in [3.05, 3.63) is 108 Å². The molecule has 0 unspecified atom stereocenters. The van der Waals surface area contributed by atoms with Gasteiger partial charge in [0.05, 0.1) is 25.3 Å². The summed E-state index contributed by atoms with van der Waals surface area (Å²) in [5.74, 6) is 1.57. The summed E-state index contributed by atoms with van der Waals surface area (Å²) in [6.07, 6.45) is 0. The van der Waals surface area contributed by atoms with Gasteiger partial charge in [0, 0.05) is 24.5 Å². The third-order valence-electron chi connectivity index (χ3n) is 5.39. The van der Waals surface area contributed by atoms with Crippen molar-refractivity contribution in [3.8, 4) is 22.6 Å². The fourth-order valence-electron chi connectivity index (χ4n) is 3.80. The van der Waals surface area contributed by atoms with E-state index in [1.807, 2.05) is 36.4 Å². The van der Waals surface area contributed by atoms with Crippen molar-refractivity contribution in [2.75, 3.05) is 24.9 Å². The smallest absolute Gasteiger partial charge is 0.128 e. The molecule has 4 rings (SSSR count). The van der Waals surface area contributed by atoms with Crippen molar-refractivity contribution < 1.29 is 9.47 Å². The number of hydrogen-bond donors (Lipinski definition) is 2. The first-order chi connectivity index (χ1) is 15.8. The van der Waals surface area contributed by atoms with Crippen LogP contribution in [0.1, 0.15) is 11.1 Å². The van der Waals surface area contributed by atoms with Crippen LogP contribution in [0.3, 0.4) is 0 Å². The SMILES string of the molecule is COc1cccc(NCc2ccccc2)c1-c1c(NCc2ccccc2)cccc1OC. The van der Waals surface area contributed by atoms with Crippen LogP contribution in [0, 0.1) is 0 Å². The van der Waals surface area contributed by atoms with Gasteiger partial charge in [-0.2, -0.15) is 0 Å². The molecule has 32 heavy (non-hydrogen) atoms. The number of benzene rings is 4. The summed E-state index contributed by atoms with van der Waals surface area (Å²) in [6.45, 7) is 1.42. The average molecular weight is 425 g/mol. The first-order valence-corrected chi connectivity index (χ1v) is 10.7. The van der Waals surface area contributed by atoms with Crippen LogP contribution in [0.4, 0.5) is 11.4 Å². The van der Waals surface area contributed by atoms with Crippen LogP contribution in [0.15, 0.2) is 97.1 Å². The second-order valence-corrected chi connectivity index (χ2v) is 7.44. The number of hydrogen-bond acceptors (Lipinski definition) is 4. The normalized spacial score (nSPS) is 10.4. The molecule has 0 radical (unpaired) electrons. The minimum Gasteiger partial charge on any atom is -0.496 e. The lowest BCUT2D eigenvalue weighted by Gasteiger charge is -2.21. The van der Waals surface area contributed by atoms with Crippen LogP contribution >= 0.6 is 0 Å². The Bertz CT molecular complexity index is 1050. The molecule has 4 heteroatoms. The lowest BCUT2D eigenvalue weighted by atomic mass is 9.98. The third kappa shape index (κ3) is 4.86. The van der Waals surface area contributed by atoms with E-state index in [1.54, 1.807) is 14.2 Å². The van der Waals surface area contributed by atoms with Crippen molar-refractivity contribution in [3.63, 3.8) is 0 Å². The molecule has 0 fully saturated rings. The Kier molecular flexibility index (Phi) is 6.93. The second-order valence-electron chi connectivity index (χ2n) is 7.44. The molecule has 4 aromatic rings. The van der Waals surface area contributed by atoms with Crippen molar-refractivity contribution in [2.45, 2.75) is 13.1 Å². The van der Waals surface area contributed by atoms with E-state index in [1.165, 1.54) is 11.1 Å². The Morgan fingerprint density at radius 3 is 1.28 bits per heavy atom. The maximum atomic E-state index is 5.79. The van der Waals surface area contributed by atoms with Gasteiger partial charge in [-0.1, -0.05) is 72.8 Å².